The molecule has 0 unspecified atom stereocenters. The number of hydrogen-bond acceptors (Lipinski definition) is 3. The maximum Gasteiger partial charge on any atom is 0.257 e. The fourth-order valence-corrected chi connectivity index (χ4v) is 2.44. The molecule has 5 heteroatoms. The molecule has 25 heavy (non-hydrogen) atoms. The molecule has 0 fully saturated rings. The first-order valence-electron chi connectivity index (χ1n) is 8.04. The highest BCUT2D eigenvalue weighted by Gasteiger charge is 2.08. The number of nitrogens with one attached hydrogen (secondary N) is 1. The van der Waals surface area contributed by atoms with E-state index in [1.165, 1.54) is 0 Å². The second-order valence-electron chi connectivity index (χ2n) is 5.49. The number of carbonyl (C=O) groups is 1. The Kier molecular flexibility index (Phi) is 7.36. The highest BCUT2D eigenvalue weighted by molar-refractivity contribution is 6.30. The van der Waals surface area contributed by atoms with Gasteiger partial charge in [-0.05, 0) is 48.2 Å². The van der Waals surface area contributed by atoms with Crippen LogP contribution in [0.1, 0.15) is 11.1 Å². The molecule has 0 saturated carbocycles. The fourth-order valence-electron chi connectivity index (χ4n) is 2.32. The van der Waals surface area contributed by atoms with Gasteiger partial charge in [0.2, 0.25) is 0 Å². The summed E-state index contributed by atoms with van der Waals surface area (Å²) in [4.78, 5) is 11.9. The van der Waals surface area contributed by atoms with E-state index in [0.717, 1.165) is 24.0 Å². The van der Waals surface area contributed by atoms with E-state index in [-0.39, 0.29) is 12.5 Å². The Hall–Kier alpha value is -2.46. The number of halogens is 1. The van der Waals surface area contributed by atoms with Crippen molar-refractivity contribution in [2.45, 2.75) is 12.8 Å². The van der Waals surface area contributed by atoms with Crippen molar-refractivity contribution >= 4 is 17.5 Å². The minimum atomic E-state index is -0.175. The first-order chi connectivity index (χ1) is 12.1. The molecule has 0 spiro atoms. The molecule has 1 N–H and O–H groups in total. The van der Waals surface area contributed by atoms with E-state index >= 15 is 0 Å². The zero-order chi connectivity index (χ0) is 18.1. The molecule has 0 radical (unpaired) electrons. The zero-order valence-corrected chi connectivity index (χ0v) is 15.0. The van der Waals surface area contributed by atoms with Gasteiger partial charge in [-0.3, -0.25) is 4.79 Å². The van der Waals surface area contributed by atoms with Crippen molar-refractivity contribution in [2.24, 2.45) is 0 Å². The molecule has 0 aliphatic carbocycles. The van der Waals surface area contributed by atoms with Crippen molar-refractivity contribution < 1.29 is 14.3 Å². The third kappa shape index (κ3) is 6.16. The van der Waals surface area contributed by atoms with Crippen LogP contribution in [-0.4, -0.2) is 26.2 Å². The standard InChI is InChI=1S/C20H22ClNO3/c1-3-4-16-7-10-18(19(13-16)24-2)25-14-20(23)22-12-11-15-5-8-17(21)9-6-15/h3,5-10,13H,1,4,11-12,14H2,2H3,(H,22,23). The molecule has 0 aliphatic heterocycles. The largest absolute Gasteiger partial charge is 0.493 e. The van der Waals surface area contributed by atoms with E-state index in [1.54, 1.807) is 13.2 Å². The lowest BCUT2D eigenvalue weighted by molar-refractivity contribution is -0.123. The number of hydrogen-bond donors (Lipinski definition) is 1. The lowest BCUT2D eigenvalue weighted by Gasteiger charge is -2.12. The number of methoxy groups -OCH3 is 1. The maximum atomic E-state index is 11.9. The topological polar surface area (TPSA) is 47.6 Å². The van der Waals surface area contributed by atoms with Crippen molar-refractivity contribution in [1.82, 2.24) is 5.32 Å². The number of ether oxygens (including phenoxy) is 2. The van der Waals surface area contributed by atoms with Crippen LogP contribution >= 0.6 is 11.6 Å². The molecular formula is C20H22ClNO3. The van der Waals surface area contributed by atoms with Crippen molar-refractivity contribution in [1.29, 1.82) is 0 Å². The summed E-state index contributed by atoms with van der Waals surface area (Å²) in [6.07, 6.45) is 3.31. The van der Waals surface area contributed by atoms with E-state index in [0.29, 0.717) is 23.1 Å². The van der Waals surface area contributed by atoms with Gasteiger partial charge >= 0.3 is 0 Å². The number of rotatable bonds is 9. The van der Waals surface area contributed by atoms with Gasteiger partial charge in [0.25, 0.3) is 5.91 Å². The summed E-state index contributed by atoms with van der Waals surface area (Å²) in [5, 5.41) is 3.54. The van der Waals surface area contributed by atoms with Crippen molar-refractivity contribution in [3.63, 3.8) is 0 Å². The van der Waals surface area contributed by atoms with Crippen LogP contribution in [0.25, 0.3) is 0 Å². The van der Waals surface area contributed by atoms with Gasteiger partial charge in [0.05, 0.1) is 7.11 Å². The van der Waals surface area contributed by atoms with Crippen LogP contribution in [0.4, 0.5) is 0 Å². The first-order valence-corrected chi connectivity index (χ1v) is 8.42. The summed E-state index contributed by atoms with van der Waals surface area (Å²) < 4.78 is 10.9. The summed E-state index contributed by atoms with van der Waals surface area (Å²) in [6.45, 7) is 4.20. The van der Waals surface area contributed by atoms with E-state index < -0.39 is 0 Å². The molecule has 2 aromatic carbocycles. The quantitative estimate of drug-likeness (QED) is 0.692. The van der Waals surface area contributed by atoms with Gasteiger partial charge in [0, 0.05) is 11.6 Å². The number of benzene rings is 2. The Morgan fingerprint density at radius 3 is 2.56 bits per heavy atom. The van der Waals surface area contributed by atoms with Gasteiger partial charge in [0.15, 0.2) is 18.1 Å². The van der Waals surface area contributed by atoms with Crippen molar-refractivity contribution in [3.8, 4) is 11.5 Å². The summed E-state index contributed by atoms with van der Waals surface area (Å²) in [5.41, 5.74) is 2.19. The van der Waals surface area contributed by atoms with Crippen LogP contribution in [0.5, 0.6) is 11.5 Å². The van der Waals surface area contributed by atoms with Crippen LogP contribution in [0.2, 0.25) is 5.02 Å². The lowest BCUT2D eigenvalue weighted by Crippen LogP contribution is -2.30. The lowest BCUT2D eigenvalue weighted by atomic mass is 10.1. The highest BCUT2D eigenvalue weighted by Crippen LogP contribution is 2.28. The van der Waals surface area contributed by atoms with Crippen molar-refractivity contribution in [3.05, 3.63) is 71.3 Å². The van der Waals surface area contributed by atoms with Crippen LogP contribution < -0.4 is 14.8 Å². The monoisotopic (exact) mass is 359 g/mol. The van der Waals surface area contributed by atoms with E-state index in [4.69, 9.17) is 21.1 Å². The number of carbonyl (C=O) groups excluding carboxylic acids is 1. The average molecular weight is 360 g/mol. The van der Waals surface area contributed by atoms with Crippen LogP contribution in [0, 0.1) is 0 Å². The van der Waals surface area contributed by atoms with Crippen LogP contribution in [0.3, 0.4) is 0 Å². The maximum absolute atomic E-state index is 11.9. The molecule has 2 aromatic rings. The second kappa shape index (κ2) is 9.74. The van der Waals surface area contributed by atoms with Gasteiger partial charge in [-0.2, -0.15) is 0 Å². The Balaban J connectivity index is 1.79. The highest BCUT2D eigenvalue weighted by atomic mass is 35.5. The fraction of sp³-hybridized carbons (Fsp3) is 0.250. The van der Waals surface area contributed by atoms with Gasteiger partial charge in [0.1, 0.15) is 0 Å². The first kappa shape index (κ1) is 18.9. The normalized spacial score (nSPS) is 10.2. The Morgan fingerprint density at radius 2 is 1.88 bits per heavy atom. The van der Waals surface area contributed by atoms with Gasteiger partial charge in [-0.1, -0.05) is 35.9 Å². The summed E-state index contributed by atoms with van der Waals surface area (Å²) in [5.74, 6) is 0.975. The van der Waals surface area contributed by atoms with E-state index in [9.17, 15) is 4.79 Å². The van der Waals surface area contributed by atoms with Crippen LogP contribution in [0.15, 0.2) is 55.1 Å². The summed E-state index contributed by atoms with van der Waals surface area (Å²) in [7, 11) is 1.58. The SMILES string of the molecule is C=CCc1ccc(OCC(=O)NCCc2ccc(Cl)cc2)c(OC)c1. The predicted molar refractivity (Wildman–Crippen MR) is 101 cm³/mol. The Bertz CT molecular complexity index is 713. The predicted octanol–water partition coefficient (Wildman–Crippen LogP) is 3.81. The third-order valence-electron chi connectivity index (χ3n) is 3.62. The van der Waals surface area contributed by atoms with Crippen molar-refractivity contribution in [2.75, 3.05) is 20.3 Å². The molecular weight excluding hydrogens is 338 g/mol. The minimum absolute atomic E-state index is 0.0578. The molecule has 0 aliphatic rings. The molecule has 0 heterocycles. The molecule has 0 bridgehead atoms. The van der Waals surface area contributed by atoms with Crippen LogP contribution in [-0.2, 0) is 17.6 Å². The molecule has 2 rings (SSSR count). The smallest absolute Gasteiger partial charge is 0.257 e. The average Bonchev–Trinajstić information content (AvgIpc) is 2.62. The zero-order valence-electron chi connectivity index (χ0n) is 14.3. The van der Waals surface area contributed by atoms with Gasteiger partial charge in [-0.15, -0.1) is 6.58 Å². The third-order valence-corrected chi connectivity index (χ3v) is 3.87. The molecule has 0 saturated heterocycles. The number of amides is 1. The number of allylic oxidation sites excluding steroid dienone is 1. The Morgan fingerprint density at radius 1 is 1.16 bits per heavy atom. The summed E-state index contributed by atoms with van der Waals surface area (Å²) >= 11 is 5.85. The molecule has 4 nitrogen and oxygen atoms in total. The molecule has 0 atom stereocenters. The minimum Gasteiger partial charge on any atom is -0.493 e. The molecule has 132 valence electrons. The van der Waals surface area contributed by atoms with Gasteiger partial charge in [-0.25, -0.2) is 0 Å². The van der Waals surface area contributed by atoms with E-state index in [2.05, 4.69) is 11.9 Å². The molecule has 0 aromatic heterocycles. The second-order valence-corrected chi connectivity index (χ2v) is 5.93. The summed E-state index contributed by atoms with van der Waals surface area (Å²) in [6, 6.07) is 13.2. The molecule has 1 amide bonds. The van der Waals surface area contributed by atoms with Gasteiger partial charge < -0.3 is 14.8 Å². The van der Waals surface area contributed by atoms with E-state index in [1.807, 2.05) is 42.5 Å². The Labute approximate surface area is 153 Å².